The molecule has 1 aliphatic rings. The second-order valence-corrected chi connectivity index (χ2v) is 5.85. The Balaban J connectivity index is 2.44. The lowest BCUT2D eigenvalue weighted by Gasteiger charge is -2.39. The number of rotatable bonds is 0. The van der Waals surface area contributed by atoms with Crippen molar-refractivity contribution in [2.24, 2.45) is 0 Å². The maximum atomic E-state index is 11.7. The van der Waals surface area contributed by atoms with Crippen LogP contribution in [0.25, 0.3) is 0 Å². The van der Waals surface area contributed by atoms with Gasteiger partial charge in [0.15, 0.2) is 0 Å². The molecule has 1 saturated heterocycles. The Kier molecular flexibility index (Phi) is 3.28. The molecule has 0 unspecified atom stereocenters. The van der Waals surface area contributed by atoms with Crippen molar-refractivity contribution >= 4 is 6.09 Å². The van der Waals surface area contributed by atoms with E-state index in [1.165, 1.54) is 0 Å². The van der Waals surface area contributed by atoms with Crippen molar-refractivity contribution in [1.29, 1.82) is 0 Å². The van der Waals surface area contributed by atoms with Crippen molar-refractivity contribution in [2.45, 2.75) is 26.4 Å². The number of ether oxygens (including phenoxy) is 1. The average molecular weight is 215 g/mol. The zero-order valence-electron chi connectivity index (χ0n) is 10.5. The van der Waals surface area contributed by atoms with Crippen LogP contribution in [-0.4, -0.2) is 61.4 Å². The maximum absolute atomic E-state index is 11.7. The molecule has 1 aliphatic heterocycles. The summed E-state index contributed by atoms with van der Waals surface area (Å²) in [6.45, 7) is 9.28. The highest BCUT2D eigenvalue weighted by Crippen LogP contribution is 2.13. The predicted molar refractivity (Wildman–Crippen MR) is 59.6 cm³/mol. The Bertz CT molecular complexity index is 233. The van der Waals surface area contributed by atoms with Crippen molar-refractivity contribution in [1.82, 2.24) is 4.90 Å². The Morgan fingerprint density at radius 1 is 1.20 bits per heavy atom. The molecular weight excluding hydrogens is 192 g/mol. The summed E-state index contributed by atoms with van der Waals surface area (Å²) in [7, 11) is 4.37. The van der Waals surface area contributed by atoms with Crippen molar-refractivity contribution in [2.75, 3.05) is 40.3 Å². The molecule has 0 bridgehead atoms. The fourth-order valence-electron chi connectivity index (χ4n) is 1.52. The van der Waals surface area contributed by atoms with Crippen LogP contribution in [0.5, 0.6) is 0 Å². The van der Waals surface area contributed by atoms with Gasteiger partial charge in [0.1, 0.15) is 5.60 Å². The fourth-order valence-corrected chi connectivity index (χ4v) is 1.52. The quantitative estimate of drug-likeness (QED) is 0.570. The first-order valence-corrected chi connectivity index (χ1v) is 5.50. The third-order valence-electron chi connectivity index (χ3n) is 2.60. The number of carbonyl (C=O) groups excluding carboxylic acids is 1. The first-order chi connectivity index (χ1) is 6.70. The van der Waals surface area contributed by atoms with Crippen molar-refractivity contribution in [3.05, 3.63) is 0 Å². The molecular formula is C11H23N2O2+. The lowest BCUT2D eigenvalue weighted by molar-refractivity contribution is -0.894. The van der Waals surface area contributed by atoms with Crippen LogP contribution in [0.2, 0.25) is 0 Å². The lowest BCUT2D eigenvalue weighted by Crippen LogP contribution is -2.56. The van der Waals surface area contributed by atoms with E-state index in [1.54, 1.807) is 4.90 Å². The molecule has 4 nitrogen and oxygen atoms in total. The van der Waals surface area contributed by atoms with Crippen LogP contribution in [0.1, 0.15) is 20.8 Å². The van der Waals surface area contributed by atoms with E-state index in [0.29, 0.717) is 0 Å². The fraction of sp³-hybridized carbons (Fsp3) is 0.909. The summed E-state index contributed by atoms with van der Waals surface area (Å²) in [4.78, 5) is 13.5. The predicted octanol–water partition coefficient (Wildman–Crippen LogP) is 1.31. The highest BCUT2D eigenvalue weighted by Gasteiger charge is 2.29. The Labute approximate surface area is 92.4 Å². The van der Waals surface area contributed by atoms with Crippen LogP contribution in [0.3, 0.4) is 0 Å². The second-order valence-electron chi connectivity index (χ2n) is 5.85. The van der Waals surface area contributed by atoms with E-state index in [9.17, 15) is 4.79 Å². The number of hydrogen-bond donors (Lipinski definition) is 0. The van der Waals surface area contributed by atoms with Crippen LogP contribution < -0.4 is 0 Å². The number of carbonyl (C=O) groups is 1. The van der Waals surface area contributed by atoms with Gasteiger partial charge in [-0.1, -0.05) is 0 Å². The molecule has 0 aromatic heterocycles. The van der Waals surface area contributed by atoms with E-state index >= 15 is 0 Å². The lowest BCUT2D eigenvalue weighted by atomic mass is 10.2. The molecule has 0 atom stereocenters. The number of piperazine rings is 1. The number of likely N-dealkylation sites (N-methyl/N-ethyl adjacent to an activating group) is 1. The molecule has 0 radical (unpaired) electrons. The molecule has 0 aromatic rings. The molecule has 0 aromatic carbocycles. The molecule has 0 N–H and O–H groups in total. The first-order valence-electron chi connectivity index (χ1n) is 5.50. The van der Waals surface area contributed by atoms with Gasteiger partial charge in [-0.3, -0.25) is 4.90 Å². The van der Waals surface area contributed by atoms with Crippen LogP contribution in [0.4, 0.5) is 4.79 Å². The van der Waals surface area contributed by atoms with Gasteiger partial charge < -0.3 is 9.22 Å². The van der Waals surface area contributed by atoms with Crippen LogP contribution in [0, 0.1) is 0 Å². The highest BCUT2D eigenvalue weighted by atomic mass is 16.6. The summed E-state index contributed by atoms with van der Waals surface area (Å²) >= 11 is 0. The summed E-state index contributed by atoms with van der Waals surface area (Å²) in [6.07, 6.45) is -0.179. The van der Waals surface area contributed by atoms with Gasteiger partial charge in [0.2, 0.25) is 0 Å². The zero-order chi connectivity index (χ0) is 11.7. The molecule has 0 saturated carbocycles. The van der Waals surface area contributed by atoms with E-state index < -0.39 is 0 Å². The SMILES string of the molecule is CC(C)(C)OC(=O)N1CC[N+](C)(C)CC1. The van der Waals surface area contributed by atoms with Gasteiger partial charge in [0.25, 0.3) is 0 Å². The van der Waals surface area contributed by atoms with Crippen molar-refractivity contribution in [3.63, 3.8) is 0 Å². The largest absolute Gasteiger partial charge is 0.444 e. The van der Waals surface area contributed by atoms with E-state index in [1.807, 2.05) is 20.8 Å². The molecule has 4 heteroatoms. The topological polar surface area (TPSA) is 29.5 Å². The molecule has 0 aliphatic carbocycles. The van der Waals surface area contributed by atoms with Gasteiger partial charge in [-0.2, -0.15) is 0 Å². The Hall–Kier alpha value is -0.770. The number of amides is 1. The molecule has 1 heterocycles. The smallest absolute Gasteiger partial charge is 0.410 e. The second kappa shape index (κ2) is 4.00. The average Bonchev–Trinajstić information content (AvgIpc) is 2.00. The molecule has 1 amide bonds. The molecule has 1 fully saturated rings. The molecule has 0 spiro atoms. The minimum atomic E-state index is -0.390. The highest BCUT2D eigenvalue weighted by molar-refractivity contribution is 5.68. The van der Waals surface area contributed by atoms with Gasteiger partial charge >= 0.3 is 6.09 Å². The third kappa shape index (κ3) is 4.08. The van der Waals surface area contributed by atoms with E-state index in [-0.39, 0.29) is 11.7 Å². The first kappa shape index (κ1) is 12.3. The standard InChI is InChI=1S/C11H23N2O2/c1-11(2,3)15-10(14)12-6-8-13(4,5)9-7-12/h6-9H2,1-5H3/q+1. The zero-order valence-corrected chi connectivity index (χ0v) is 10.5. The van der Waals surface area contributed by atoms with E-state index in [4.69, 9.17) is 4.74 Å². The number of quaternary nitrogens is 1. The van der Waals surface area contributed by atoms with Gasteiger partial charge in [0, 0.05) is 0 Å². The monoisotopic (exact) mass is 215 g/mol. The van der Waals surface area contributed by atoms with E-state index in [2.05, 4.69) is 14.1 Å². The van der Waals surface area contributed by atoms with Gasteiger partial charge in [0.05, 0.1) is 40.3 Å². The minimum absolute atomic E-state index is 0.179. The minimum Gasteiger partial charge on any atom is -0.444 e. The summed E-state index contributed by atoms with van der Waals surface area (Å²) in [6, 6.07) is 0. The van der Waals surface area contributed by atoms with Crippen molar-refractivity contribution in [3.8, 4) is 0 Å². The van der Waals surface area contributed by atoms with Gasteiger partial charge in [-0.15, -0.1) is 0 Å². The van der Waals surface area contributed by atoms with Crippen LogP contribution in [0.15, 0.2) is 0 Å². The molecule has 1 rings (SSSR count). The Morgan fingerprint density at radius 2 is 1.67 bits per heavy atom. The van der Waals surface area contributed by atoms with Gasteiger partial charge in [-0.05, 0) is 20.8 Å². The summed E-state index contributed by atoms with van der Waals surface area (Å²) < 4.78 is 6.31. The summed E-state index contributed by atoms with van der Waals surface area (Å²) in [5.74, 6) is 0. The van der Waals surface area contributed by atoms with Crippen molar-refractivity contribution < 1.29 is 14.0 Å². The van der Waals surface area contributed by atoms with Gasteiger partial charge in [-0.25, -0.2) is 4.79 Å². The third-order valence-corrected chi connectivity index (χ3v) is 2.60. The number of hydrogen-bond acceptors (Lipinski definition) is 2. The summed E-state index contributed by atoms with van der Waals surface area (Å²) in [5.41, 5.74) is -0.390. The normalized spacial score (nSPS) is 21.3. The van der Waals surface area contributed by atoms with Crippen LogP contribution >= 0.6 is 0 Å². The molecule has 88 valence electrons. The van der Waals surface area contributed by atoms with E-state index in [0.717, 1.165) is 30.7 Å². The van der Waals surface area contributed by atoms with Crippen LogP contribution in [-0.2, 0) is 4.74 Å². The maximum Gasteiger partial charge on any atom is 0.410 e. The summed E-state index contributed by atoms with van der Waals surface area (Å²) in [5, 5.41) is 0. The molecule has 15 heavy (non-hydrogen) atoms. The Morgan fingerprint density at radius 3 is 2.07 bits per heavy atom. The number of nitrogens with zero attached hydrogens (tertiary/aromatic N) is 2.